The van der Waals surface area contributed by atoms with E-state index in [0.29, 0.717) is 0 Å². The Morgan fingerprint density at radius 3 is 2.53 bits per heavy atom. The number of aromatic carboxylic acids is 1. The molecule has 0 amide bonds. The molecule has 0 aliphatic carbocycles. The van der Waals surface area contributed by atoms with Gasteiger partial charge in [0.15, 0.2) is 0 Å². The summed E-state index contributed by atoms with van der Waals surface area (Å²) in [7, 11) is 0. The maximum atomic E-state index is 12.0. The molecule has 17 heavy (non-hydrogen) atoms. The largest absolute Gasteiger partial charge is 0.574 e. The number of nitrogen functional groups attached to an aromatic ring is 1. The van der Waals surface area contributed by atoms with Crippen LogP contribution >= 0.6 is 0 Å². The highest BCUT2D eigenvalue weighted by molar-refractivity contribution is 5.96. The molecule has 94 valence electrons. The average Bonchev–Trinajstić information content (AvgIpc) is 2.13. The molecular weight excluding hydrogens is 243 g/mol. The molecule has 9 heteroatoms. The van der Waals surface area contributed by atoms with Gasteiger partial charge in [0.1, 0.15) is 5.56 Å². The number of hydrogen-bond acceptors (Lipinski definition) is 5. The highest BCUT2D eigenvalue weighted by Crippen LogP contribution is 2.28. The number of rotatable bonds is 3. The van der Waals surface area contributed by atoms with Crippen LogP contribution in [0.5, 0.6) is 5.88 Å². The number of carboxylic acids is 1. The monoisotopic (exact) mass is 251 g/mol. The highest BCUT2D eigenvalue weighted by Gasteiger charge is 2.34. The van der Waals surface area contributed by atoms with E-state index in [9.17, 15) is 18.0 Å². The van der Waals surface area contributed by atoms with Crippen molar-refractivity contribution in [2.75, 3.05) is 5.73 Å². The van der Waals surface area contributed by atoms with Gasteiger partial charge in [-0.2, -0.15) is 0 Å². The number of aromatic nitrogens is 1. The van der Waals surface area contributed by atoms with Gasteiger partial charge in [0.2, 0.25) is 5.88 Å². The van der Waals surface area contributed by atoms with Crippen molar-refractivity contribution in [3.05, 3.63) is 17.3 Å². The van der Waals surface area contributed by atoms with Crippen LogP contribution in [0.15, 0.2) is 6.07 Å². The molecule has 0 aromatic carbocycles. The average molecular weight is 251 g/mol. The summed E-state index contributed by atoms with van der Waals surface area (Å²) in [6, 6.07) is 1.08. The Bertz CT molecular complexity index is 448. The topological polar surface area (TPSA) is 111 Å². The molecule has 0 radical (unpaired) electrons. The van der Waals surface area contributed by atoms with Crippen molar-refractivity contribution in [2.24, 2.45) is 5.73 Å². The molecule has 0 aliphatic rings. The molecule has 0 spiro atoms. The number of halogens is 3. The molecule has 1 rings (SSSR count). The zero-order valence-electron chi connectivity index (χ0n) is 8.28. The number of pyridine rings is 1. The summed E-state index contributed by atoms with van der Waals surface area (Å²) in [6.07, 6.45) is -5.06. The molecule has 0 atom stereocenters. The minimum absolute atomic E-state index is 0.00764. The number of nitrogens with two attached hydrogens (primary N) is 2. The van der Waals surface area contributed by atoms with Crippen LogP contribution in [0.2, 0.25) is 0 Å². The minimum atomic E-state index is -5.06. The van der Waals surface area contributed by atoms with Crippen molar-refractivity contribution in [3.63, 3.8) is 0 Å². The van der Waals surface area contributed by atoms with Crippen LogP contribution in [0, 0.1) is 0 Å². The number of nitrogens with zero attached hydrogens (tertiary/aromatic N) is 1. The summed E-state index contributed by atoms with van der Waals surface area (Å²) in [5.41, 5.74) is 9.22. The van der Waals surface area contributed by atoms with Crippen molar-refractivity contribution >= 4 is 11.7 Å². The van der Waals surface area contributed by atoms with Gasteiger partial charge in [-0.05, 0) is 6.07 Å². The lowest BCUT2D eigenvalue weighted by Gasteiger charge is -2.12. The van der Waals surface area contributed by atoms with Gasteiger partial charge in [0, 0.05) is 6.54 Å². The fourth-order valence-electron chi connectivity index (χ4n) is 1.10. The van der Waals surface area contributed by atoms with Crippen molar-refractivity contribution in [2.45, 2.75) is 12.9 Å². The summed E-state index contributed by atoms with van der Waals surface area (Å²) >= 11 is 0. The van der Waals surface area contributed by atoms with E-state index in [-0.39, 0.29) is 12.2 Å². The quantitative estimate of drug-likeness (QED) is 0.729. The number of anilines is 1. The van der Waals surface area contributed by atoms with Crippen molar-refractivity contribution in [1.29, 1.82) is 0 Å². The van der Waals surface area contributed by atoms with Gasteiger partial charge in [0.05, 0.1) is 11.4 Å². The fourth-order valence-corrected chi connectivity index (χ4v) is 1.10. The molecule has 0 fully saturated rings. The Morgan fingerprint density at radius 2 is 2.12 bits per heavy atom. The van der Waals surface area contributed by atoms with Crippen LogP contribution in [0.1, 0.15) is 16.1 Å². The van der Waals surface area contributed by atoms with E-state index in [4.69, 9.17) is 16.6 Å². The molecule has 1 aromatic heterocycles. The first kappa shape index (κ1) is 13.0. The van der Waals surface area contributed by atoms with Gasteiger partial charge in [-0.3, -0.25) is 0 Å². The van der Waals surface area contributed by atoms with Crippen LogP contribution in [-0.2, 0) is 6.54 Å². The summed E-state index contributed by atoms with van der Waals surface area (Å²) in [5.74, 6) is -2.79. The Morgan fingerprint density at radius 1 is 1.53 bits per heavy atom. The van der Waals surface area contributed by atoms with Gasteiger partial charge >= 0.3 is 12.3 Å². The Kier molecular flexibility index (Phi) is 3.42. The second-order valence-electron chi connectivity index (χ2n) is 2.94. The molecule has 0 saturated carbocycles. The van der Waals surface area contributed by atoms with Crippen LogP contribution in [-0.4, -0.2) is 22.4 Å². The standard InChI is InChI=1S/C8H8F3N3O3/c9-8(10,11)17-6-5(7(15)16)4(13)1-3(2-12)14-6/h1H,2,12H2,(H2,13,14)(H,15,16). The van der Waals surface area contributed by atoms with E-state index in [2.05, 4.69) is 9.72 Å². The predicted octanol–water partition coefficient (Wildman–Crippen LogP) is 0.719. The Labute approximate surface area is 93.0 Å². The first-order valence-corrected chi connectivity index (χ1v) is 4.23. The molecule has 1 heterocycles. The summed E-state index contributed by atoms with van der Waals surface area (Å²) < 4.78 is 39.6. The SMILES string of the molecule is NCc1cc(N)c(C(=O)O)c(OC(F)(F)F)n1. The van der Waals surface area contributed by atoms with Crippen LogP contribution in [0.4, 0.5) is 18.9 Å². The van der Waals surface area contributed by atoms with E-state index >= 15 is 0 Å². The van der Waals surface area contributed by atoms with Crippen molar-refractivity contribution in [1.82, 2.24) is 4.98 Å². The van der Waals surface area contributed by atoms with Crippen LogP contribution in [0.3, 0.4) is 0 Å². The summed E-state index contributed by atoms with van der Waals surface area (Å²) in [4.78, 5) is 14.1. The second kappa shape index (κ2) is 4.45. The van der Waals surface area contributed by atoms with Gasteiger partial charge in [-0.1, -0.05) is 0 Å². The lowest BCUT2D eigenvalue weighted by Crippen LogP contribution is -2.21. The molecule has 6 nitrogen and oxygen atoms in total. The molecular formula is C8H8F3N3O3. The highest BCUT2D eigenvalue weighted by atomic mass is 19.4. The third-order valence-corrected chi connectivity index (χ3v) is 1.71. The van der Waals surface area contributed by atoms with Crippen molar-refractivity contribution < 1.29 is 27.8 Å². The van der Waals surface area contributed by atoms with E-state index in [1.807, 2.05) is 0 Å². The fraction of sp³-hybridized carbons (Fsp3) is 0.250. The smallest absolute Gasteiger partial charge is 0.477 e. The number of hydrogen-bond donors (Lipinski definition) is 3. The summed E-state index contributed by atoms with van der Waals surface area (Å²) in [5, 5.41) is 8.71. The third-order valence-electron chi connectivity index (χ3n) is 1.71. The normalized spacial score (nSPS) is 11.3. The molecule has 0 aliphatic heterocycles. The van der Waals surface area contributed by atoms with Gasteiger partial charge < -0.3 is 21.3 Å². The van der Waals surface area contributed by atoms with Gasteiger partial charge in [-0.15, -0.1) is 13.2 Å². The van der Waals surface area contributed by atoms with Crippen molar-refractivity contribution in [3.8, 4) is 5.88 Å². The Balaban J connectivity index is 3.32. The van der Waals surface area contributed by atoms with Crippen LogP contribution < -0.4 is 16.2 Å². The van der Waals surface area contributed by atoms with Gasteiger partial charge in [-0.25, -0.2) is 9.78 Å². The minimum Gasteiger partial charge on any atom is -0.477 e. The zero-order chi connectivity index (χ0) is 13.2. The third kappa shape index (κ3) is 3.21. The molecule has 1 aromatic rings. The number of carboxylic acid groups (broad SMARTS) is 1. The molecule has 5 N–H and O–H groups in total. The van der Waals surface area contributed by atoms with E-state index in [1.54, 1.807) is 0 Å². The number of carbonyl (C=O) groups is 1. The van der Waals surface area contributed by atoms with Gasteiger partial charge in [0.25, 0.3) is 0 Å². The predicted molar refractivity (Wildman–Crippen MR) is 50.2 cm³/mol. The Hall–Kier alpha value is -2.03. The summed E-state index contributed by atoms with van der Waals surface area (Å²) in [6.45, 7) is -0.196. The maximum Gasteiger partial charge on any atom is 0.574 e. The number of alkyl halides is 3. The molecule has 0 unspecified atom stereocenters. The number of ether oxygens (including phenoxy) is 1. The maximum absolute atomic E-state index is 12.0. The zero-order valence-corrected chi connectivity index (χ0v) is 8.28. The first-order valence-electron chi connectivity index (χ1n) is 4.23. The van der Waals surface area contributed by atoms with E-state index in [0.717, 1.165) is 6.07 Å². The van der Waals surface area contributed by atoms with E-state index in [1.165, 1.54) is 0 Å². The lowest BCUT2D eigenvalue weighted by molar-refractivity contribution is -0.276. The van der Waals surface area contributed by atoms with Crippen LogP contribution in [0.25, 0.3) is 0 Å². The van der Waals surface area contributed by atoms with E-state index < -0.39 is 29.5 Å². The second-order valence-corrected chi connectivity index (χ2v) is 2.94. The lowest BCUT2D eigenvalue weighted by atomic mass is 10.2. The molecule has 0 bridgehead atoms. The first-order chi connectivity index (χ1) is 7.74. The molecule has 0 saturated heterocycles.